The number of para-hydroxylation sites is 2. The van der Waals surface area contributed by atoms with Gasteiger partial charge in [-0.15, -0.1) is 0 Å². The topological polar surface area (TPSA) is 26.3 Å². The van der Waals surface area contributed by atoms with E-state index in [1.54, 1.807) is 0 Å². The van der Waals surface area contributed by atoms with Gasteiger partial charge in [0.25, 0.3) is 0 Å². The van der Waals surface area contributed by atoms with E-state index >= 15 is 0 Å². The summed E-state index contributed by atoms with van der Waals surface area (Å²) in [6, 6.07) is 47.1. The van der Waals surface area contributed by atoms with E-state index in [4.69, 9.17) is 8.83 Å². The Hall–Kier alpha value is -5.34. The van der Waals surface area contributed by atoms with E-state index < -0.39 is 0 Å². The molecule has 0 radical (unpaired) electrons. The highest BCUT2D eigenvalue weighted by atomic mass is 16.3. The fourth-order valence-corrected chi connectivity index (χ4v) is 6.46. The molecule has 7 aromatic carbocycles. The molecule has 0 saturated carbocycles. The minimum atomic E-state index is 0.880. The Labute approximate surface area is 229 Å². The summed E-state index contributed by atoms with van der Waals surface area (Å²) < 4.78 is 13.0. The Morgan fingerprint density at radius 2 is 0.925 bits per heavy atom. The third-order valence-corrected chi connectivity index (χ3v) is 8.24. The Bertz CT molecular complexity index is 2440. The number of benzene rings is 7. The van der Waals surface area contributed by atoms with Crippen LogP contribution in [-0.2, 0) is 0 Å². The van der Waals surface area contributed by atoms with Crippen LogP contribution in [0.15, 0.2) is 142 Å². The van der Waals surface area contributed by atoms with Gasteiger partial charge in [0, 0.05) is 32.7 Å². The zero-order valence-corrected chi connectivity index (χ0v) is 21.5. The molecule has 0 saturated heterocycles. The van der Waals surface area contributed by atoms with E-state index in [-0.39, 0.29) is 0 Å². The number of rotatable bonds is 2. The molecule has 0 aliphatic heterocycles. The highest BCUT2D eigenvalue weighted by Gasteiger charge is 2.22. The molecule has 0 atom stereocenters. The van der Waals surface area contributed by atoms with E-state index in [0.717, 1.165) is 60.4 Å². The molecule has 0 unspecified atom stereocenters. The maximum absolute atomic E-state index is 6.74. The second kappa shape index (κ2) is 8.08. The molecule has 0 N–H and O–H groups in total. The maximum Gasteiger partial charge on any atom is 0.144 e. The third kappa shape index (κ3) is 2.99. The summed E-state index contributed by atoms with van der Waals surface area (Å²) in [7, 11) is 0. The van der Waals surface area contributed by atoms with Crippen molar-refractivity contribution in [2.45, 2.75) is 0 Å². The minimum Gasteiger partial charge on any atom is -0.456 e. The van der Waals surface area contributed by atoms with E-state index in [1.165, 1.54) is 27.3 Å². The maximum atomic E-state index is 6.74. The van der Waals surface area contributed by atoms with Gasteiger partial charge in [-0.1, -0.05) is 103 Å². The van der Waals surface area contributed by atoms with Crippen molar-refractivity contribution in [3.63, 3.8) is 0 Å². The predicted octanol–water partition coefficient (Wildman–Crippen LogP) is 11.1. The van der Waals surface area contributed by atoms with Crippen molar-refractivity contribution in [1.82, 2.24) is 0 Å². The van der Waals surface area contributed by atoms with Gasteiger partial charge < -0.3 is 8.83 Å². The van der Waals surface area contributed by atoms with Gasteiger partial charge in [0.15, 0.2) is 0 Å². The normalized spacial score (nSPS) is 12.0. The van der Waals surface area contributed by atoms with Crippen molar-refractivity contribution in [2.24, 2.45) is 0 Å². The van der Waals surface area contributed by atoms with Gasteiger partial charge in [-0.2, -0.15) is 0 Å². The summed E-state index contributed by atoms with van der Waals surface area (Å²) in [5.41, 5.74) is 8.14. The zero-order valence-electron chi connectivity index (χ0n) is 21.5. The first-order valence-electron chi connectivity index (χ1n) is 13.6. The van der Waals surface area contributed by atoms with Gasteiger partial charge in [-0.05, 0) is 63.0 Å². The van der Waals surface area contributed by atoms with Crippen LogP contribution >= 0.6 is 0 Å². The Kier molecular flexibility index (Phi) is 4.36. The van der Waals surface area contributed by atoms with Crippen LogP contribution in [0.25, 0.3) is 87.7 Å². The molecule has 0 bridgehead atoms. The van der Waals surface area contributed by atoms with Crippen molar-refractivity contribution >= 4 is 65.4 Å². The van der Waals surface area contributed by atoms with E-state index in [9.17, 15) is 0 Å². The average Bonchev–Trinajstić information content (AvgIpc) is 3.57. The van der Waals surface area contributed by atoms with Crippen LogP contribution in [0.2, 0.25) is 0 Å². The molecule has 0 fully saturated rings. The largest absolute Gasteiger partial charge is 0.456 e. The monoisotopic (exact) mass is 510 g/mol. The third-order valence-electron chi connectivity index (χ3n) is 8.24. The lowest BCUT2D eigenvalue weighted by Gasteiger charge is -2.15. The summed E-state index contributed by atoms with van der Waals surface area (Å²) in [4.78, 5) is 0. The van der Waals surface area contributed by atoms with Gasteiger partial charge in [-0.3, -0.25) is 0 Å². The Morgan fingerprint density at radius 1 is 0.350 bits per heavy atom. The lowest BCUT2D eigenvalue weighted by Crippen LogP contribution is -1.89. The average molecular weight is 511 g/mol. The van der Waals surface area contributed by atoms with Crippen LogP contribution in [0.5, 0.6) is 0 Å². The molecule has 2 heteroatoms. The van der Waals surface area contributed by atoms with Crippen LogP contribution in [-0.4, -0.2) is 0 Å². The van der Waals surface area contributed by atoms with Crippen LogP contribution in [0.1, 0.15) is 0 Å². The standard InChI is InChI=1S/C38H22O2/c1-2-10-24-21-25(18-17-23(24)9-1)35-29-12-3-4-13-30(29)36(38-37(35)31-14-6-8-16-33(31)40-38)26-19-20-28-27-11-5-7-15-32(27)39-34(28)22-26/h1-22H. The SMILES string of the molecule is c1ccc2cc(-c3c4ccccc4c(-c4ccc5c(c4)oc4ccccc45)c4oc5ccccc5c34)ccc2c1. The van der Waals surface area contributed by atoms with E-state index in [0.29, 0.717) is 0 Å². The summed E-state index contributed by atoms with van der Waals surface area (Å²) >= 11 is 0. The van der Waals surface area contributed by atoms with Gasteiger partial charge >= 0.3 is 0 Å². The first-order valence-corrected chi connectivity index (χ1v) is 13.6. The molecule has 0 aliphatic rings. The number of furan rings is 2. The second-order valence-electron chi connectivity index (χ2n) is 10.5. The highest BCUT2D eigenvalue weighted by molar-refractivity contribution is 6.27. The molecule has 2 heterocycles. The quantitative estimate of drug-likeness (QED) is 0.231. The van der Waals surface area contributed by atoms with E-state index in [2.05, 4.69) is 115 Å². The molecule has 0 spiro atoms. The Balaban J connectivity index is 1.44. The molecular formula is C38H22O2. The molecule has 186 valence electrons. The van der Waals surface area contributed by atoms with Gasteiger partial charge in [-0.25, -0.2) is 0 Å². The molecule has 0 amide bonds. The first-order chi connectivity index (χ1) is 19.8. The fraction of sp³-hybridized carbons (Fsp3) is 0. The zero-order chi connectivity index (χ0) is 26.2. The molecule has 2 nitrogen and oxygen atoms in total. The second-order valence-corrected chi connectivity index (χ2v) is 10.5. The number of hydrogen-bond donors (Lipinski definition) is 0. The fourth-order valence-electron chi connectivity index (χ4n) is 6.46. The molecular weight excluding hydrogens is 488 g/mol. The molecule has 2 aromatic heterocycles. The molecule has 40 heavy (non-hydrogen) atoms. The van der Waals surface area contributed by atoms with Crippen molar-refractivity contribution in [2.75, 3.05) is 0 Å². The van der Waals surface area contributed by atoms with E-state index in [1.807, 2.05) is 18.2 Å². The summed E-state index contributed by atoms with van der Waals surface area (Å²) in [5, 5.41) is 9.35. The highest BCUT2D eigenvalue weighted by Crippen LogP contribution is 2.48. The van der Waals surface area contributed by atoms with Crippen LogP contribution in [0, 0.1) is 0 Å². The van der Waals surface area contributed by atoms with Crippen molar-refractivity contribution < 1.29 is 8.83 Å². The summed E-state index contributed by atoms with van der Waals surface area (Å²) in [6.07, 6.45) is 0. The molecule has 0 aliphatic carbocycles. The van der Waals surface area contributed by atoms with Gasteiger partial charge in [0.1, 0.15) is 22.3 Å². The Morgan fingerprint density at radius 3 is 1.75 bits per heavy atom. The van der Waals surface area contributed by atoms with Gasteiger partial charge in [0.2, 0.25) is 0 Å². The number of fused-ring (bicyclic) bond motifs is 8. The first kappa shape index (κ1) is 21.6. The molecule has 9 aromatic rings. The van der Waals surface area contributed by atoms with Crippen molar-refractivity contribution in [1.29, 1.82) is 0 Å². The lowest BCUT2D eigenvalue weighted by atomic mass is 9.87. The smallest absolute Gasteiger partial charge is 0.144 e. The van der Waals surface area contributed by atoms with Crippen LogP contribution < -0.4 is 0 Å². The summed E-state index contributed by atoms with van der Waals surface area (Å²) in [5.74, 6) is 0. The molecule has 9 rings (SSSR count). The van der Waals surface area contributed by atoms with Gasteiger partial charge in [0.05, 0.1) is 0 Å². The minimum absolute atomic E-state index is 0.880. The lowest BCUT2D eigenvalue weighted by molar-refractivity contribution is 0.668. The number of hydrogen-bond acceptors (Lipinski definition) is 2. The van der Waals surface area contributed by atoms with Crippen LogP contribution in [0.3, 0.4) is 0 Å². The van der Waals surface area contributed by atoms with Crippen molar-refractivity contribution in [3.8, 4) is 22.3 Å². The van der Waals surface area contributed by atoms with Crippen LogP contribution in [0.4, 0.5) is 0 Å². The van der Waals surface area contributed by atoms with Crippen molar-refractivity contribution in [3.05, 3.63) is 133 Å². The predicted molar refractivity (Wildman–Crippen MR) is 167 cm³/mol. The summed E-state index contributed by atoms with van der Waals surface area (Å²) in [6.45, 7) is 0.